The minimum atomic E-state index is -0.458. The third kappa shape index (κ3) is 5.47. The molecule has 0 amide bonds. The van der Waals surface area contributed by atoms with Crippen molar-refractivity contribution >= 4 is 28.5 Å². The number of esters is 1. The summed E-state index contributed by atoms with van der Waals surface area (Å²) in [5.41, 5.74) is 1.42. The van der Waals surface area contributed by atoms with Gasteiger partial charge in [-0.25, -0.2) is 9.59 Å². The summed E-state index contributed by atoms with van der Waals surface area (Å²) in [4.78, 5) is 25.5. The second kappa shape index (κ2) is 9.76. The van der Waals surface area contributed by atoms with E-state index in [1.54, 1.807) is 13.0 Å². The van der Waals surface area contributed by atoms with E-state index in [0.717, 1.165) is 29.6 Å². The van der Waals surface area contributed by atoms with E-state index in [-0.39, 0.29) is 18.7 Å². The van der Waals surface area contributed by atoms with Gasteiger partial charge in [-0.1, -0.05) is 13.8 Å². The summed E-state index contributed by atoms with van der Waals surface area (Å²) in [7, 11) is 0. The molecule has 7 heteroatoms. The zero-order valence-electron chi connectivity index (χ0n) is 16.2. The van der Waals surface area contributed by atoms with Crippen molar-refractivity contribution in [3.63, 3.8) is 0 Å². The SMILES string of the molecule is CCOC(=O)COc1cc2oc(=O)cc(C)c2cc1CC(Cl)N(CC)CC. The van der Waals surface area contributed by atoms with Crippen molar-refractivity contribution in [2.24, 2.45) is 0 Å². The lowest BCUT2D eigenvalue weighted by Gasteiger charge is -2.25. The fourth-order valence-corrected chi connectivity index (χ4v) is 3.40. The smallest absolute Gasteiger partial charge is 0.344 e. The van der Waals surface area contributed by atoms with Crippen LogP contribution in [0.2, 0.25) is 0 Å². The first-order valence-electron chi connectivity index (χ1n) is 9.13. The molecule has 0 fully saturated rings. The first-order valence-corrected chi connectivity index (χ1v) is 9.57. The molecule has 6 nitrogen and oxygen atoms in total. The normalized spacial score (nSPS) is 12.4. The number of nitrogens with zero attached hydrogens (tertiary/aromatic N) is 1. The van der Waals surface area contributed by atoms with Gasteiger partial charge < -0.3 is 13.9 Å². The highest BCUT2D eigenvalue weighted by Crippen LogP contribution is 2.29. The van der Waals surface area contributed by atoms with Crippen LogP contribution in [0.15, 0.2) is 27.4 Å². The molecule has 0 radical (unpaired) electrons. The van der Waals surface area contributed by atoms with Crippen molar-refractivity contribution in [2.75, 3.05) is 26.3 Å². The van der Waals surface area contributed by atoms with Crippen LogP contribution in [0.5, 0.6) is 5.75 Å². The average Bonchev–Trinajstić information content (AvgIpc) is 2.61. The summed E-state index contributed by atoms with van der Waals surface area (Å²) in [5.74, 6) is 0.00233. The van der Waals surface area contributed by atoms with Crippen LogP contribution in [0.1, 0.15) is 31.9 Å². The highest BCUT2D eigenvalue weighted by molar-refractivity contribution is 6.20. The van der Waals surface area contributed by atoms with Gasteiger partial charge in [0.25, 0.3) is 0 Å². The molecule has 1 heterocycles. The van der Waals surface area contributed by atoms with Crippen LogP contribution in [-0.4, -0.2) is 42.7 Å². The van der Waals surface area contributed by atoms with Crippen LogP contribution in [-0.2, 0) is 16.0 Å². The molecule has 1 aromatic heterocycles. The van der Waals surface area contributed by atoms with E-state index < -0.39 is 11.6 Å². The number of hydrogen-bond acceptors (Lipinski definition) is 6. The topological polar surface area (TPSA) is 69.0 Å². The molecule has 2 rings (SSSR count). The predicted octanol–water partition coefficient (Wildman–Crippen LogP) is 3.49. The van der Waals surface area contributed by atoms with Gasteiger partial charge in [0.2, 0.25) is 0 Å². The lowest BCUT2D eigenvalue weighted by molar-refractivity contribution is -0.145. The Bertz CT molecular complexity index is 844. The largest absolute Gasteiger partial charge is 0.481 e. The molecule has 0 aliphatic heterocycles. The number of halogens is 1. The van der Waals surface area contributed by atoms with Gasteiger partial charge in [-0.15, -0.1) is 11.6 Å². The first-order chi connectivity index (χ1) is 12.9. The fourth-order valence-electron chi connectivity index (χ4n) is 2.95. The van der Waals surface area contributed by atoms with Crippen LogP contribution < -0.4 is 10.4 Å². The monoisotopic (exact) mass is 395 g/mol. The zero-order valence-corrected chi connectivity index (χ0v) is 17.0. The van der Waals surface area contributed by atoms with Gasteiger partial charge >= 0.3 is 11.6 Å². The van der Waals surface area contributed by atoms with Gasteiger partial charge in [-0.3, -0.25) is 4.90 Å². The number of likely N-dealkylation sites (N-methyl/N-ethyl adjacent to an activating group) is 1. The molecule has 0 spiro atoms. The number of hydrogen-bond donors (Lipinski definition) is 0. The van der Waals surface area contributed by atoms with E-state index in [9.17, 15) is 9.59 Å². The van der Waals surface area contributed by atoms with E-state index in [4.69, 9.17) is 25.5 Å². The molecule has 1 unspecified atom stereocenters. The van der Waals surface area contributed by atoms with Crippen LogP contribution in [0, 0.1) is 6.92 Å². The van der Waals surface area contributed by atoms with Crippen LogP contribution in [0.4, 0.5) is 0 Å². The first kappa shape index (κ1) is 21.3. The summed E-state index contributed by atoms with van der Waals surface area (Å²) in [5, 5.41) is 0.816. The molecule has 0 aliphatic rings. The highest BCUT2D eigenvalue weighted by Gasteiger charge is 2.18. The molecule has 0 aliphatic carbocycles. The van der Waals surface area contributed by atoms with Gasteiger partial charge in [-0.05, 0) is 44.1 Å². The van der Waals surface area contributed by atoms with Crippen molar-refractivity contribution in [3.8, 4) is 5.75 Å². The number of aryl methyl sites for hydroxylation is 1. The average molecular weight is 396 g/mol. The van der Waals surface area contributed by atoms with E-state index >= 15 is 0 Å². The lowest BCUT2D eigenvalue weighted by Crippen LogP contribution is -2.32. The second-order valence-corrected chi connectivity index (χ2v) is 6.66. The molecule has 148 valence electrons. The van der Waals surface area contributed by atoms with E-state index in [0.29, 0.717) is 17.8 Å². The molecule has 1 atom stereocenters. The third-order valence-corrected chi connectivity index (χ3v) is 4.81. The van der Waals surface area contributed by atoms with Gasteiger partial charge in [0.05, 0.1) is 12.1 Å². The molecule has 0 saturated heterocycles. The van der Waals surface area contributed by atoms with Gasteiger partial charge in [0.1, 0.15) is 11.3 Å². The highest BCUT2D eigenvalue weighted by atomic mass is 35.5. The van der Waals surface area contributed by atoms with Crippen LogP contribution >= 0.6 is 11.6 Å². The third-order valence-electron chi connectivity index (χ3n) is 4.38. The van der Waals surface area contributed by atoms with Gasteiger partial charge in [0, 0.05) is 23.9 Å². The summed E-state index contributed by atoms with van der Waals surface area (Å²) < 4.78 is 15.9. The Morgan fingerprint density at radius 3 is 2.56 bits per heavy atom. The minimum absolute atomic E-state index is 0.222. The summed E-state index contributed by atoms with van der Waals surface area (Å²) in [6.07, 6.45) is 0.524. The summed E-state index contributed by atoms with van der Waals surface area (Å²) >= 11 is 6.59. The number of carbonyl (C=O) groups is 1. The lowest BCUT2D eigenvalue weighted by atomic mass is 10.0. The maximum atomic E-state index is 11.7. The Kier molecular flexibility index (Phi) is 7.68. The van der Waals surface area contributed by atoms with Crippen molar-refractivity contribution in [1.29, 1.82) is 0 Å². The summed E-state index contributed by atoms with van der Waals surface area (Å²) in [6, 6.07) is 5.00. The quantitative estimate of drug-likeness (QED) is 0.280. The number of ether oxygens (including phenoxy) is 2. The molecule has 27 heavy (non-hydrogen) atoms. The van der Waals surface area contributed by atoms with E-state index in [1.165, 1.54) is 6.07 Å². The molecule has 0 N–H and O–H groups in total. The minimum Gasteiger partial charge on any atom is -0.481 e. The zero-order chi connectivity index (χ0) is 20.0. The molecular formula is C20H26ClNO5. The Morgan fingerprint density at radius 1 is 1.22 bits per heavy atom. The maximum Gasteiger partial charge on any atom is 0.344 e. The fraction of sp³-hybridized carbons (Fsp3) is 0.500. The second-order valence-electron chi connectivity index (χ2n) is 6.16. The van der Waals surface area contributed by atoms with Gasteiger partial charge in [-0.2, -0.15) is 0 Å². The molecule has 0 saturated carbocycles. The van der Waals surface area contributed by atoms with E-state index in [2.05, 4.69) is 18.7 Å². The van der Waals surface area contributed by atoms with Crippen molar-refractivity contribution in [1.82, 2.24) is 4.90 Å². The Morgan fingerprint density at radius 2 is 1.93 bits per heavy atom. The van der Waals surface area contributed by atoms with Crippen LogP contribution in [0.25, 0.3) is 11.0 Å². The maximum absolute atomic E-state index is 11.7. The number of carbonyl (C=O) groups excluding carboxylic acids is 1. The Labute approximate surface area is 164 Å². The summed E-state index contributed by atoms with van der Waals surface area (Å²) in [6.45, 7) is 9.40. The van der Waals surface area contributed by atoms with E-state index in [1.807, 2.05) is 13.0 Å². The predicted molar refractivity (Wildman–Crippen MR) is 106 cm³/mol. The van der Waals surface area contributed by atoms with Crippen LogP contribution in [0.3, 0.4) is 0 Å². The molecule has 2 aromatic rings. The number of rotatable bonds is 9. The number of benzene rings is 1. The Balaban J connectivity index is 2.42. The molecule has 1 aromatic carbocycles. The number of alkyl halides is 1. The molecular weight excluding hydrogens is 370 g/mol. The number of fused-ring (bicyclic) bond motifs is 1. The van der Waals surface area contributed by atoms with Crippen molar-refractivity contribution in [2.45, 2.75) is 39.6 Å². The molecule has 0 bridgehead atoms. The standard InChI is InChI=1S/C20H26ClNO5/c1-5-22(6-2)18(21)10-14-9-15-13(4)8-19(23)27-17(15)11-16(14)26-12-20(24)25-7-3/h8-9,11,18H,5-7,10,12H2,1-4H3. The Hall–Kier alpha value is -2.05. The van der Waals surface area contributed by atoms with Gasteiger partial charge in [0.15, 0.2) is 6.61 Å². The van der Waals surface area contributed by atoms with Crippen molar-refractivity contribution in [3.05, 3.63) is 39.7 Å². The van der Waals surface area contributed by atoms with Crippen molar-refractivity contribution < 1.29 is 18.7 Å².